The van der Waals surface area contributed by atoms with Crippen molar-refractivity contribution < 1.29 is 9.94 Å². The zero-order chi connectivity index (χ0) is 11.5. The lowest BCUT2D eigenvalue weighted by molar-refractivity contribution is 0.0859. The molecule has 0 heterocycles. The number of fused-ring (bicyclic) bond motifs is 1. The van der Waals surface area contributed by atoms with E-state index in [0.29, 0.717) is 11.6 Å². The molecule has 1 aromatic carbocycles. The number of phenolic OH excluding ortho intramolecular Hbond substituents is 1. The first kappa shape index (κ1) is 11.7. The number of aryl methyl sites for hydroxylation is 1. The molecule has 1 aliphatic carbocycles. The van der Waals surface area contributed by atoms with Crippen molar-refractivity contribution in [1.29, 1.82) is 0 Å². The van der Waals surface area contributed by atoms with Crippen LogP contribution in [-0.2, 0) is 24.2 Å². The Balaban J connectivity index is 2.41. The Morgan fingerprint density at radius 2 is 2.19 bits per heavy atom. The van der Waals surface area contributed by atoms with Gasteiger partial charge in [0.1, 0.15) is 5.75 Å². The van der Waals surface area contributed by atoms with Crippen molar-refractivity contribution >= 4 is 11.6 Å². The first-order chi connectivity index (χ1) is 7.74. The number of hydroxylamine groups is 1. The summed E-state index contributed by atoms with van der Waals surface area (Å²) in [5.41, 5.74) is 6.14. The highest BCUT2D eigenvalue weighted by Gasteiger charge is 2.18. The molecule has 2 N–H and O–H groups in total. The highest BCUT2D eigenvalue weighted by Crippen LogP contribution is 2.36. The van der Waals surface area contributed by atoms with Crippen LogP contribution in [0.2, 0.25) is 5.02 Å². The fraction of sp³-hybridized carbons (Fsp3) is 0.500. The van der Waals surface area contributed by atoms with Crippen LogP contribution in [0.1, 0.15) is 29.5 Å². The van der Waals surface area contributed by atoms with E-state index in [1.54, 1.807) is 7.11 Å². The van der Waals surface area contributed by atoms with Gasteiger partial charge in [-0.15, -0.1) is 0 Å². The monoisotopic (exact) mass is 241 g/mol. The minimum Gasteiger partial charge on any atom is -0.506 e. The number of halogens is 1. The number of hydrogen-bond donors (Lipinski definition) is 2. The van der Waals surface area contributed by atoms with Crippen molar-refractivity contribution in [2.24, 2.45) is 0 Å². The average Bonchev–Trinajstić information content (AvgIpc) is 2.30. The predicted molar refractivity (Wildman–Crippen MR) is 63.6 cm³/mol. The second kappa shape index (κ2) is 5.04. The largest absolute Gasteiger partial charge is 0.506 e. The molecular formula is C12H16ClNO2. The number of aromatic hydroxyl groups is 1. The Morgan fingerprint density at radius 1 is 1.44 bits per heavy atom. The maximum Gasteiger partial charge on any atom is 0.139 e. The summed E-state index contributed by atoms with van der Waals surface area (Å²) in [6.07, 6.45) is 4.44. The highest BCUT2D eigenvalue weighted by molar-refractivity contribution is 6.32. The molecule has 16 heavy (non-hydrogen) atoms. The molecule has 0 saturated heterocycles. The standard InChI is InChI=1S/C12H16ClNO2/c1-16-14-7-10-9-5-3-2-4-8(9)6-11(13)12(10)15/h6,14-15H,2-5,7H2,1H3. The molecule has 0 radical (unpaired) electrons. The molecule has 0 unspecified atom stereocenters. The van der Waals surface area contributed by atoms with Crippen molar-refractivity contribution in [3.63, 3.8) is 0 Å². The number of phenols is 1. The van der Waals surface area contributed by atoms with E-state index >= 15 is 0 Å². The van der Waals surface area contributed by atoms with E-state index in [1.807, 2.05) is 6.07 Å². The molecule has 0 fully saturated rings. The summed E-state index contributed by atoms with van der Waals surface area (Å²) in [7, 11) is 1.56. The highest BCUT2D eigenvalue weighted by atomic mass is 35.5. The average molecular weight is 242 g/mol. The van der Waals surface area contributed by atoms with Crippen molar-refractivity contribution in [3.05, 3.63) is 27.8 Å². The first-order valence-corrected chi connectivity index (χ1v) is 5.89. The topological polar surface area (TPSA) is 41.5 Å². The first-order valence-electron chi connectivity index (χ1n) is 5.52. The van der Waals surface area contributed by atoms with Crippen LogP contribution in [0.4, 0.5) is 0 Å². The summed E-state index contributed by atoms with van der Waals surface area (Å²) in [5, 5.41) is 10.4. The molecule has 0 aromatic heterocycles. The van der Waals surface area contributed by atoms with E-state index < -0.39 is 0 Å². The van der Waals surface area contributed by atoms with E-state index in [-0.39, 0.29) is 5.75 Å². The summed E-state index contributed by atoms with van der Waals surface area (Å²) < 4.78 is 0. The van der Waals surface area contributed by atoms with Gasteiger partial charge in [-0.1, -0.05) is 11.6 Å². The number of nitrogens with one attached hydrogen (secondary N) is 1. The molecular weight excluding hydrogens is 226 g/mol. The molecule has 4 heteroatoms. The van der Waals surface area contributed by atoms with Crippen LogP contribution in [0.25, 0.3) is 0 Å². The lowest BCUT2D eigenvalue weighted by atomic mass is 9.88. The summed E-state index contributed by atoms with van der Waals surface area (Å²) in [6.45, 7) is 0.491. The fourth-order valence-corrected chi connectivity index (χ4v) is 2.52. The van der Waals surface area contributed by atoms with Gasteiger partial charge in [0.15, 0.2) is 0 Å². The number of rotatable bonds is 3. The van der Waals surface area contributed by atoms with Gasteiger partial charge in [-0.25, -0.2) is 0 Å². The summed E-state index contributed by atoms with van der Waals surface area (Å²) >= 11 is 6.01. The van der Waals surface area contributed by atoms with Crippen LogP contribution in [-0.4, -0.2) is 12.2 Å². The van der Waals surface area contributed by atoms with Crippen LogP contribution >= 0.6 is 11.6 Å². The zero-order valence-corrected chi connectivity index (χ0v) is 10.1. The fourth-order valence-electron chi connectivity index (χ4n) is 2.28. The molecule has 88 valence electrons. The molecule has 3 nitrogen and oxygen atoms in total. The van der Waals surface area contributed by atoms with E-state index in [9.17, 15) is 5.11 Å². The Kier molecular flexibility index (Phi) is 3.69. The Bertz CT molecular complexity index is 393. The van der Waals surface area contributed by atoms with Crippen LogP contribution in [0, 0.1) is 0 Å². The maximum absolute atomic E-state index is 9.95. The molecule has 0 spiro atoms. The van der Waals surface area contributed by atoms with Gasteiger partial charge in [0.05, 0.1) is 12.1 Å². The molecule has 0 bridgehead atoms. The lowest BCUT2D eigenvalue weighted by Gasteiger charge is -2.21. The van der Waals surface area contributed by atoms with Gasteiger partial charge >= 0.3 is 0 Å². The van der Waals surface area contributed by atoms with Gasteiger partial charge in [-0.2, -0.15) is 5.48 Å². The molecule has 0 saturated carbocycles. The molecule has 0 amide bonds. The van der Waals surface area contributed by atoms with Crippen LogP contribution in [0.3, 0.4) is 0 Å². The Labute approximate surface area is 100 Å². The smallest absolute Gasteiger partial charge is 0.139 e. The summed E-state index contributed by atoms with van der Waals surface area (Å²) in [4.78, 5) is 4.83. The van der Waals surface area contributed by atoms with Crippen molar-refractivity contribution in [2.75, 3.05) is 7.11 Å². The van der Waals surface area contributed by atoms with Crippen LogP contribution in [0.15, 0.2) is 6.07 Å². The van der Waals surface area contributed by atoms with E-state index in [1.165, 1.54) is 24.0 Å². The quantitative estimate of drug-likeness (QED) is 0.800. The maximum atomic E-state index is 9.95. The van der Waals surface area contributed by atoms with Crippen LogP contribution in [0.5, 0.6) is 5.75 Å². The van der Waals surface area contributed by atoms with Gasteiger partial charge in [0.25, 0.3) is 0 Å². The third-order valence-corrected chi connectivity index (χ3v) is 3.37. The molecule has 0 aliphatic heterocycles. The van der Waals surface area contributed by atoms with Crippen LogP contribution < -0.4 is 5.48 Å². The minimum atomic E-state index is 0.187. The second-order valence-electron chi connectivity index (χ2n) is 4.06. The van der Waals surface area contributed by atoms with E-state index in [4.69, 9.17) is 16.4 Å². The van der Waals surface area contributed by atoms with E-state index in [2.05, 4.69) is 5.48 Å². The van der Waals surface area contributed by atoms with E-state index in [0.717, 1.165) is 18.4 Å². The molecule has 0 atom stereocenters. The molecule has 2 rings (SSSR count). The van der Waals surface area contributed by atoms with Crippen molar-refractivity contribution in [1.82, 2.24) is 5.48 Å². The van der Waals surface area contributed by atoms with Crippen molar-refractivity contribution in [2.45, 2.75) is 32.2 Å². The normalized spacial score (nSPS) is 14.9. The third-order valence-electron chi connectivity index (χ3n) is 3.08. The number of benzene rings is 1. The molecule has 1 aromatic rings. The zero-order valence-electron chi connectivity index (χ0n) is 9.35. The molecule has 1 aliphatic rings. The van der Waals surface area contributed by atoms with Gasteiger partial charge < -0.3 is 9.94 Å². The SMILES string of the molecule is CONCc1c(O)c(Cl)cc2c1CCCC2. The predicted octanol–water partition coefficient (Wildman–Crippen LogP) is 2.58. The van der Waals surface area contributed by atoms with Crippen molar-refractivity contribution in [3.8, 4) is 5.75 Å². The third kappa shape index (κ3) is 2.17. The number of hydrogen-bond acceptors (Lipinski definition) is 3. The van der Waals surface area contributed by atoms with Gasteiger partial charge in [-0.3, -0.25) is 0 Å². The minimum absolute atomic E-state index is 0.187. The van der Waals surface area contributed by atoms with Gasteiger partial charge in [-0.05, 0) is 42.9 Å². The Morgan fingerprint density at radius 3 is 2.94 bits per heavy atom. The Hall–Kier alpha value is -0.770. The lowest BCUT2D eigenvalue weighted by Crippen LogP contribution is -2.15. The summed E-state index contributed by atoms with van der Waals surface area (Å²) in [6, 6.07) is 1.89. The van der Waals surface area contributed by atoms with Gasteiger partial charge in [0, 0.05) is 12.1 Å². The summed E-state index contributed by atoms with van der Waals surface area (Å²) in [5.74, 6) is 0.187. The van der Waals surface area contributed by atoms with Gasteiger partial charge in [0.2, 0.25) is 0 Å². The second-order valence-corrected chi connectivity index (χ2v) is 4.46.